The average Bonchev–Trinajstić information content (AvgIpc) is 3.16. The van der Waals surface area contributed by atoms with E-state index in [1.54, 1.807) is 17.7 Å². The highest BCUT2D eigenvalue weighted by atomic mass is 32.1. The largest absolute Gasteiger partial charge is 0.365 e. The van der Waals surface area contributed by atoms with Crippen molar-refractivity contribution in [2.75, 3.05) is 18.4 Å². The second-order valence-electron chi connectivity index (χ2n) is 6.17. The Morgan fingerprint density at radius 1 is 1.26 bits per heavy atom. The van der Waals surface area contributed by atoms with E-state index in [0.717, 1.165) is 36.7 Å². The summed E-state index contributed by atoms with van der Waals surface area (Å²) in [5, 5.41) is 6.97. The second-order valence-corrected chi connectivity index (χ2v) is 7.03. The lowest BCUT2D eigenvalue weighted by molar-refractivity contribution is 0.328. The van der Waals surface area contributed by atoms with Crippen LogP contribution in [0.3, 0.4) is 0 Å². The summed E-state index contributed by atoms with van der Waals surface area (Å²) < 4.78 is 0. The van der Waals surface area contributed by atoms with Crippen LogP contribution in [0, 0.1) is 6.92 Å². The van der Waals surface area contributed by atoms with Crippen molar-refractivity contribution in [3.05, 3.63) is 53.2 Å². The fourth-order valence-corrected chi connectivity index (χ4v) is 4.15. The van der Waals surface area contributed by atoms with Gasteiger partial charge in [-0.1, -0.05) is 30.3 Å². The third-order valence-electron chi connectivity index (χ3n) is 4.42. The number of aromatic nitrogens is 2. The minimum absolute atomic E-state index is 0.455. The molecule has 1 N–H and O–H groups in total. The molecule has 1 aromatic carbocycles. The monoisotopic (exact) mass is 324 g/mol. The van der Waals surface area contributed by atoms with Crippen LogP contribution in [0.1, 0.15) is 17.5 Å². The molecule has 3 heterocycles. The topological polar surface area (TPSA) is 41.1 Å². The Morgan fingerprint density at radius 2 is 2.13 bits per heavy atom. The Balaban J connectivity index is 1.45. The Kier molecular flexibility index (Phi) is 3.97. The first-order valence-electron chi connectivity index (χ1n) is 8.01. The van der Waals surface area contributed by atoms with Crippen LogP contribution in [0.2, 0.25) is 0 Å². The summed E-state index contributed by atoms with van der Waals surface area (Å²) >= 11 is 1.69. The molecule has 2 aromatic heterocycles. The molecule has 1 unspecified atom stereocenters. The van der Waals surface area contributed by atoms with E-state index in [4.69, 9.17) is 0 Å². The number of thiophene rings is 1. The maximum absolute atomic E-state index is 4.48. The molecular formula is C18H20N4S. The summed E-state index contributed by atoms with van der Waals surface area (Å²) in [4.78, 5) is 12.4. The SMILES string of the molecule is Cc1csc2ncnc(NC3CCN(Cc4ccccc4)C3)c12. The molecule has 1 atom stereocenters. The molecule has 0 bridgehead atoms. The molecule has 5 heteroatoms. The number of rotatable bonds is 4. The summed E-state index contributed by atoms with van der Waals surface area (Å²) in [6.45, 7) is 5.34. The first-order valence-corrected chi connectivity index (χ1v) is 8.89. The average molecular weight is 324 g/mol. The van der Waals surface area contributed by atoms with Crippen molar-refractivity contribution in [2.24, 2.45) is 0 Å². The Bertz CT molecular complexity index is 799. The zero-order valence-electron chi connectivity index (χ0n) is 13.2. The minimum Gasteiger partial charge on any atom is -0.365 e. The van der Waals surface area contributed by atoms with Crippen molar-refractivity contribution in [3.63, 3.8) is 0 Å². The van der Waals surface area contributed by atoms with E-state index >= 15 is 0 Å². The van der Waals surface area contributed by atoms with E-state index in [1.165, 1.54) is 16.5 Å². The molecule has 0 saturated carbocycles. The molecular weight excluding hydrogens is 304 g/mol. The van der Waals surface area contributed by atoms with Gasteiger partial charge in [-0.2, -0.15) is 0 Å². The first kappa shape index (κ1) is 14.6. The van der Waals surface area contributed by atoms with Crippen LogP contribution in [0.5, 0.6) is 0 Å². The molecule has 1 aliphatic rings. The lowest BCUT2D eigenvalue weighted by Gasteiger charge is -2.17. The van der Waals surface area contributed by atoms with Crippen molar-refractivity contribution in [1.82, 2.24) is 14.9 Å². The van der Waals surface area contributed by atoms with Crippen LogP contribution < -0.4 is 5.32 Å². The van der Waals surface area contributed by atoms with Crippen molar-refractivity contribution >= 4 is 27.4 Å². The molecule has 0 aliphatic carbocycles. The van der Waals surface area contributed by atoms with Gasteiger partial charge in [-0.05, 0) is 29.9 Å². The standard InChI is InChI=1S/C18H20N4S/c1-13-11-23-18-16(13)17(19-12-20-18)21-15-7-8-22(10-15)9-14-5-3-2-4-6-14/h2-6,11-12,15H,7-10H2,1H3,(H,19,20,21). The van der Waals surface area contributed by atoms with Gasteiger partial charge in [-0.15, -0.1) is 11.3 Å². The summed E-state index contributed by atoms with van der Waals surface area (Å²) in [6.07, 6.45) is 2.82. The third kappa shape index (κ3) is 3.07. The van der Waals surface area contributed by atoms with Crippen LogP contribution in [0.4, 0.5) is 5.82 Å². The summed E-state index contributed by atoms with van der Waals surface area (Å²) in [7, 11) is 0. The number of anilines is 1. The number of hydrogen-bond donors (Lipinski definition) is 1. The predicted molar refractivity (Wildman–Crippen MR) is 95.9 cm³/mol. The number of nitrogens with zero attached hydrogens (tertiary/aromatic N) is 3. The zero-order chi connectivity index (χ0) is 15.6. The summed E-state index contributed by atoms with van der Waals surface area (Å²) in [5.74, 6) is 0.986. The second kappa shape index (κ2) is 6.26. The Hall–Kier alpha value is -1.98. The van der Waals surface area contributed by atoms with E-state index in [-0.39, 0.29) is 0 Å². The minimum atomic E-state index is 0.455. The van der Waals surface area contributed by atoms with Gasteiger partial charge in [0.15, 0.2) is 0 Å². The van der Waals surface area contributed by atoms with Gasteiger partial charge < -0.3 is 5.32 Å². The molecule has 0 spiro atoms. The molecule has 0 amide bonds. The fourth-order valence-electron chi connectivity index (χ4n) is 3.26. The van der Waals surface area contributed by atoms with Crippen molar-refractivity contribution in [2.45, 2.75) is 25.9 Å². The maximum atomic E-state index is 4.48. The highest BCUT2D eigenvalue weighted by Crippen LogP contribution is 2.29. The number of benzene rings is 1. The van der Waals surface area contributed by atoms with Gasteiger partial charge in [0.2, 0.25) is 0 Å². The molecule has 4 nitrogen and oxygen atoms in total. The molecule has 0 radical (unpaired) electrons. The predicted octanol–water partition coefficient (Wildman–Crippen LogP) is 3.69. The molecule has 1 aliphatic heterocycles. The van der Waals surface area contributed by atoms with Gasteiger partial charge in [0.25, 0.3) is 0 Å². The van der Waals surface area contributed by atoms with E-state index in [1.807, 2.05) is 0 Å². The molecule has 1 saturated heterocycles. The number of fused-ring (bicyclic) bond motifs is 1. The first-order chi connectivity index (χ1) is 11.3. The van der Waals surface area contributed by atoms with E-state index < -0.39 is 0 Å². The highest BCUT2D eigenvalue weighted by molar-refractivity contribution is 7.17. The van der Waals surface area contributed by atoms with Gasteiger partial charge in [-0.3, -0.25) is 4.90 Å². The number of aryl methyl sites for hydroxylation is 1. The molecule has 3 aromatic rings. The summed E-state index contributed by atoms with van der Waals surface area (Å²) in [5.41, 5.74) is 2.64. The Morgan fingerprint density at radius 3 is 3.00 bits per heavy atom. The number of likely N-dealkylation sites (tertiary alicyclic amines) is 1. The summed E-state index contributed by atoms with van der Waals surface area (Å²) in [6, 6.07) is 11.1. The lowest BCUT2D eigenvalue weighted by Crippen LogP contribution is -2.26. The van der Waals surface area contributed by atoms with E-state index in [9.17, 15) is 0 Å². The molecule has 1 fully saturated rings. The van der Waals surface area contributed by atoms with Gasteiger partial charge in [0.05, 0.1) is 5.39 Å². The fraction of sp³-hybridized carbons (Fsp3) is 0.333. The van der Waals surface area contributed by atoms with Crippen LogP contribution in [-0.2, 0) is 6.54 Å². The lowest BCUT2D eigenvalue weighted by atomic mass is 10.2. The quantitative estimate of drug-likeness (QED) is 0.795. The zero-order valence-corrected chi connectivity index (χ0v) is 14.0. The van der Waals surface area contributed by atoms with Gasteiger partial charge in [-0.25, -0.2) is 9.97 Å². The van der Waals surface area contributed by atoms with Crippen molar-refractivity contribution in [1.29, 1.82) is 0 Å². The van der Waals surface area contributed by atoms with Gasteiger partial charge >= 0.3 is 0 Å². The molecule has 118 valence electrons. The van der Waals surface area contributed by atoms with Crippen LogP contribution >= 0.6 is 11.3 Å². The Labute approximate surface area is 140 Å². The molecule has 23 heavy (non-hydrogen) atoms. The van der Waals surface area contributed by atoms with Crippen LogP contribution in [-0.4, -0.2) is 34.0 Å². The maximum Gasteiger partial charge on any atom is 0.138 e. The highest BCUT2D eigenvalue weighted by Gasteiger charge is 2.23. The number of nitrogens with one attached hydrogen (secondary N) is 1. The van der Waals surface area contributed by atoms with Gasteiger partial charge in [0, 0.05) is 25.7 Å². The van der Waals surface area contributed by atoms with Crippen molar-refractivity contribution < 1.29 is 0 Å². The molecule has 4 rings (SSSR count). The van der Waals surface area contributed by atoms with Gasteiger partial charge in [0.1, 0.15) is 17.0 Å². The van der Waals surface area contributed by atoms with E-state index in [2.05, 4.69) is 62.8 Å². The van der Waals surface area contributed by atoms with Crippen LogP contribution in [0.25, 0.3) is 10.2 Å². The third-order valence-corrected chi connectivity index (χ3v) is 5.42. The van der Waals surface area contributed by atoms with Crippen LogP contribution in [0.15, 0.2) is 42.0 Å². The van der Waals surface area contributed by atoms with Crippen molar-refractivity contribution in [3.8, 4) is 0 Å². The van der Waals surface area contributed by atoms with E-state index in [0.29, 0.717) is 6.04 Å². The number of hydrogen-bond acceptors (Lipinski definition) is 5. The smallest absolute Gasteiger partial charge is 0.138 e. The normalized spacial score (nSPS) is 18.6.